The van der Waals surface area contributed by atoms with Crippen LogP contribution >= 0.6 is 23.2 Å². The fraction of sp³-hybridized carbons (Fsp3) is 0.375. The van der Waals surface area contributed by atoms with Crippen LogP contribution in [0.4, 0.5) is 0 Å². The molecule has 0 bridgehead atoms. The van der Waals surface area contributed by atoms with Gasteiger partial charge in [0, 0.05) is 0 Å². The van der Waals surface area contributed by atoms with E-state index in [1.807, 2.05) is 0 Å². The number of hydrogen-bond acceptors (Lipinski definition) is 5. The molecule has 23 heavy (non-hydrogen) atoms. The minimum absolute atomic E-state index is 0.118. The van der Waals surface area contributed by atoms with Gasteiger partial charge in [0.05, 0.1) is 23.3 Å². The van der Waals surface area contributed by atoms with Gasteiger partial charge in [-0.3, -0.25) is 9.59 Å². The van der Waals surface area contributed by atoms with Gasteiger partial charge < -0.3 is 14.2 Å². The van der Waals surface area contributed by atoms with E-state index in [0.717, 1.165) is 0 Å². The molecule has 0 aliphatic carbocycles. The Kier molecular flexibility index (Phi) is 4.36. The van der Waals surface area contributed by atoms with Gasteiger partial charge in [-0.15, -0.1) is 0 Å². The molecule has 1 aromatic rings. The van der Waals surface area contributed by atoms with Gasteiger partial charge in [-0.1, -0.05) is 29.3 Å². The van der Waals surface area contributed by atoms with Crippen LogP contribution in [-0.4, -0.2) is 31.8 Å². The Morgan fingerprint density at radius 3 is 2.87 bits per heavy atom. The van der Waals surface area contributed by atoms with E-state index in [4.69, 9.17) is 37.4 Å². The number of halogens is 2. The first kappa shape index (κ1) is 16.3. The lowest BCUT2D eigenvalue weighted by molar-refractivity contribution is -0.174. The second-order valence-corrected chi connectivity index (χ2v) is 6.04. The molecule has 1 aromatic carbocycles. The molecule has 2 atom stereocenters. The van der Waals surface area contributed by atoms with Gasteiger partial charge >= 0.3 is 11.9 Å². The Hall–Kier alpha value is -1.56. The molecule has 122 valence electrons. The Balaban J connectivity index is 2.13. The molecule has 2 unspecified atom stereocenters. The first-order valence-corrected chi connectivity index (χ1v) is 7.88. The molecule has 2 heterocycles. The standard InChI is InChI=1S/C16H14Cl2O5/c1-2-21-14(19)16-10(5-6-22-15(16)20)8-23-13(16)9-3-4-11(17)12(18)7-9/h3-5,7,13H,2,6,8H2,1H3. The van der Waals surface area contributed by atoms with Crippen molar-refractivity contribution in [2.24, 2.45) is 5.41 Å². The molecule has 2 aliphatic rings. The van der Waals surface area contributed by atoms with E-state index in [0.29, 0.717) is 21.2 Å². The van der Waals surface area contributed by atoms with Crippen LogP contribution in [0, 0.1) is 5.41 Å². The molecule has 1 fully saturated rings. The lowest BCUT2D eigenvalue weighted by Gasteiger charge is -2.32. The fourth-order valence-corrected chi connectivity index (χ4v) is 3.26. The highest BCUT2D eigenvalue weighted by Gasteiger charge is 2.63. The topological polar surface area (TPSA) is 61.8 Å². The first-order valence-electron chi connectivity index (χ1n) is 7.12. The molecule has 0 N–H and O–H groups in total. The average molecular weight is 357 g/mol. The van der Waals surface area contributed by atoms with Crippen LogP contribution in [-0.2, 0) is 23.8 Å². The molecular formula is C16H14Cl2O5. The van der Waals surface area contributed by atoms with E-state index in [-0.39, 0.29) is 19.8 Å². The summed E-state index contributed by atoms with van der Waals surface area (Å²) >= 11 is 12.0. The summed E-state index contributed by atoms with van der Waals surface area (Å²) < 4.78 is 16.0. The number of fused-ring (bicyclic) bond motifs is 1. The summed E-state index contributed by atoms with van der Waals surface area (Å²) in [7, 11) is 0. The number of esters is 2. The van der Waals surface area contributed by atoms with E-state index in [2.05, 4.69) is 0 Å². The van der Waals surface area contributed by atoms with Crippen molar-refractivity contribution in [1.29, 1.82) is 0 Å². The zero-order valence-electron chi connectivity index (χ0n) is 12.3. The Morgan fingerprint density at radius 1 is 1.39 bits per heavy atom. The predicted octanol–water partition coefficient (Wildman–Crippen LogP) is 3.10. The molecule has 0 aromatic heterocycles. The third kappa shape index (κ3) is 2.43. The molecule has 3 rings (SSSR count). The quantitative estimate of drug-likeness (QED) is 0.473. The van der Waals surface area contributed by atoms with E-state index in [1.54, 1.807) is 31.2 Å². The molecule has 1 saturated heterocycles. The SMILES string of the molecule is CCOC(=O)C12C(=O)OCC=C1COC2c1ccc(Cl)c(Cl)c1. The molecular weight excluding hydrogens is 343 g/mol. The highest BCUT2D eigenvalue weighted by molar-refractivity contribution is 6.42. The van der Waals surface area contributed by atoms with Crippen LogP contribution in [0.25, 0.3) is 0 Å². The van der Waals surface area contributed by atoms with Gasteiger partial charge in [0.1, 0.15) is 12.7 Å². The lowest BCUT2D eigenvalue weighted by atomic mass is 9.73. The monoisotopic (exact) mass is 356 g/mol. The van der Waals surface area contributed by atoms with Crippen LogP contribution < -0.4 is 0 Å². The van der Waals surface area contributed by atoms with Crippen molar-refractivity contribution >= 4 is 35.1 Å². The Morgan fingerprint density at radius 2 is 2.17 bits per heavy atom. The minimum Gasteiger partial charge on any atom is -0.465 e. The second-order valence-electron chi connectivity index (χ2n) is 5.22. The number of benzene rings is 1. The maximum atomic E-state index is 12.6. The zero-order valence-corrected chi connectivity index (χ0v) is 13.8. The van der Waals surface area contributed by atoms with Crippen molar-refractivity contribution in [3.05, 3.63) is 45.5 Å². The van der Waals surface area contributed by atoms with E-state index >= 15 is 0 Å². The summed E-state index contributed by atoms with van der Waals surface area (Å²) in [5, 5.41) is 0.689. The van der Waals surface area contributed by atoms with Gasteiger partial charge in [0.25, 0.3) is 0 Å². The van der Waals surface area contributed by atoms with Crippen molar-refractivity contribution in [1.82, 2.24) is 0 Å². The molecule has 5 nitrogen and oxygen atoms in total. The summed E-state index contributed by atoms with van der Waals surface area (Å²) in [6.45, 7) is 2.09. The molecule has 0 saturated carbocycles. The summed E-state index contributed by atoms with van der Waals surface area (Å²) in [4.78, 5) is 25.2. The average Bonchev–Trinajstić information content (AvgIpc) is 2.92. The van der Waals surface area contributed by atoms with Crippen LogP contribution in [0.1, 0.15) is 18.6 Å². The molecule has 0 radical (unpaired) electrons. The minimum atomic E-state index is -1.62. The van der Waals surface area contributed by atoms with Crippen LogP contribution in [0.2, 0.25) is 10.0 Å². The van der Waals surface area contributed by atoms with Crippen molar-refractivity contribution in [3.63, 3.8) is 0 Å². The maximum Gasteiger partial charge on any atom is 0.331 e. The summed E-state index contributed by atoms with van der Waals surface area (Å²) in [5.74, 6) is -1.34. The molecule has 0 spiro atoms. The number of rotatable bonds is 3. The van der Waals surface area contributed by atoms with Crippen molar-refractivity contribution < 1.29 is 23.8 Å². The Labute approximate surface area is 143 Å². The molecule has 0 amide bonds. The fourth-order valence-electron chi connectivity index (χ4n) is 2.96. The van der Waals surface area contributed by atoms with Gasteiger partial charge in [-0.2, -0.15) is 0 Å². The summed E-state index contributed by atoms with van der Waals surface area (Å²) in [5.41, 5.74) is -0.496. The smallest absolute Gasteiger partial charge is 0.331 e. The summed E-state index contributed by atoms with van der Waals surface area (Å²) in [6, 6.07) is 4.85. The van der Waals surface area contributed by atoms with E-state index in [1.165, 1.54) is 0 Å². The lowest BCUT2D eigenvalue weighted by Crippen LogP contribution is -2.47. The van der Waals surface area contributed by atoms with Crippen LogP contribution in [0.5, 0.6) is 0 Å². The van der Waals surface area contributed by atoms with Gasteiger partial charge in [-0.05, 0) is 36.3 Å². The van der Waals surface area contributed by atoms with Crippen molar-refractivity contribution in [2.75, 3.05) is 19.8 Å². The second kappa shape index (κ2) is 6.15. The highest BCUT2D eigenvalue weighted by Crippen LogP contribution is 2.52. The highest BCUT2D eigenvalue weighted by atomic mass is 35.5. The van der Waals surface area contributed by atoms with E-state index < -0.39 is 23.5 Å². The number of carbonyl (C=O) groups is 2. The van der Waals surface area contributed by atoms with Crippen LogP contribution in [0.3, 0.4) is 0 Å². The number of carbonyl (C=O) groups excluding carboxylic acids is 2. The predicted molar refractivity (Wildman–Crippen MR) is 83.3 cm³/mol. The number of ether oxygens (including phenoxy) is 3. The number of hydrogen-bond donors (Lipinski definition) is 0. The van der Waals surface area contributed by atoms with Gasteiger partial charge in [-0.25, -0.2) is 0 Å². The van der Waals surface area contributed by atoms with Crippen LogP contribution in [0.15, 0.2) is 29.8 Å². The Bertz CT molecular complexity index is 700. The maximum absolute atomic E-state index is 12.6. The summed E-state index contributed by atoms with van der Waals surface area (Å²) in [6.07, 6.45) is 0.825. The van der Waals surface area contributed by atoms with E-state index in [9.17, 15) is 9.59 Å². The van der Waals surface area contributed by atoms with Gasteiger partial charge in [0.15, 0.2) is 0 Å². The first-order chi connectivity index (χ1) is 11.0. The largest absolute Gasteiger partial charge is 0.465 e. The van der Waals surface area contributed by atoms with Crippen molar-refractivity contribution in [3.8, 4) is 0 Å². The molecule has 7 heteroatoms. The third-order valence-electron chi connectivity index (χ3n) is 4.02. The number of cyclic esters (lactones) is 1. The van der Waals surface area contributed by atoms with Crippen molar-refractivity contribution in [2.45, 2.75) is 13.0 Å². The molecule has 2 aliphatic heterocycles. The normalized spacial score (nSPS) is 26.3. The third-order valence-corrected chi connectivity index (χ3v) is 4.75. The van der Waals surface area contributed by atoms with Gasteiger partial charge in [0.2, 0.25) is 5.41 Å². The zero-order chi connectivity index (χ0) is 16.6.